The smallest absolute Gasteiger partial charge is 0.116 e. The minimum Gasteiger partial charge on any atom is -0.399 e. The molecule has 2 N–H and O–H groups in total. The third-order valence-corrected chi connectivity index (χ3v) is 1.82. The highest BCUT2D eigenvalue weighted by Gasteiger charge is 1.96. The Labute approximate surface area is 86.1 Å². The highest BCUT2D eigenvalue weighted by Crippen LogP contribution is 2.14. The molecule has 0 fully saturated rings. The van der Waals surface area contributed by atoms with Gasteiger partial charge in [-0.1, -0.05) is 31.0 Å². The van der Waals surface area contributed by atoms with Crippen LogP contribution in [0, 0.1) is 6.92 Å². The summed E-state index contributed by atoms with van der Waals surface area (Å²) in [6.07, 6.45) is 3.00. The van der Waals surface area contributed by atoms with Gasteiger partial charge in [0.2, 0.25) is 0 Å². The van der Waals surface area contributed by atoms with Crippen LogP contribution in [0.25, 0.3) is 0 Å². The van der Waals surface area contributed by atoms with Crippen molar-refractivity contribution in [1.29, 1.82) is 0 Å². The molecule has 0 saturated carbocycles. The van der Waals surface area contributed by atoms with Gasteiger partial charge in [-0.2, -0.15) is 0 Å². The second-order valence-electron chi connectivity index (χ2n) is 3.19. The highest BCUT2D eigenvalue weighted by molar-refractivity contribution is 5.48. The fourth-order valence-corrected chi connectivity index (χ4v) is 1.22. The lowest BCUT2D eigenvalue weighted by Gasteiger charge is -2.04. The third-order valence-electron chi connectivity index (χ3n) is 1.82. The van der Waals surface area contributed by atoms with Gasteiger partial charge in [-0.15, -0.1) is 0 Å². The van der Waals surface area contributed by atoms with Crippen molar-refractivity contribution in [3.8, 4) is 0 Å². The SMILES string of the molecule is CC=O.CCCc1cc(C)ccc1N. The second-order valence-corrected chi connectivity index (χ2v) is 3.19. The maximum atomic E-state index is 8.81. The van der Waals surface area contributed by atoms with Crippen LogP contribution in [0.15, 0.2) is 18.2 Å². The van der Waals surface area contributed by atoms with E-state index in [1.54, 1.807) is 0 Å². The Morgan fingerprint density at radius 1 is 1.43 bits per heavy atom. The molecule has 1 aromatic rings. The number of rotatable bonds is 2. The predicted molar refractivity (Wildman–Crippen MR) is 61.3 cm³/mol. The number of hydrogen-bond donors (Lipinski definition) is 1. The van der Waals surface area contributed by atoms with Gasteiger partial charge in [-0.25, -0.2) is 0 Å². The van der Waals surface area contributed by atoms with Crippen molar-refractivity contribution < 1.29 is 4.79 Å². The molecule has 0 bridgehead atoms. The van der Waals surface area contributed by atoms with E-state index >= 15 is 0 Å². The molecule has 0 heterocycles. The van der Waals surface area contributed by atoms with E-state index in [2.05, 4.69) is 26.0 Å². The lowest BCUT2D eigenvalue weighted by Crippen LogP contribution is -1.93. The van der Waals surface area contributed by atoms with Crippen LogP contribution in [0.3, 0.4) is 0 Å². The highest BCUT2D eigenvalue weighted by atomic mass is 16.1. The molecule has 14 heavy (non-hydrogen) atoms. The standard InChI is InChI=1S/C10H15N.C2H4O/c1-3-4-9-7-8(2)5-6-10(9)11;1-2-3/h5-7H,3-4,11H2,1-2H3;2H,1H3. The maximum Gasteiger partial charge on any atom is 0.116 e. The van der Waals surface area contributed by atoms with Gasteiger partial charge in [0.15, 0.2) is 0 Å². The quantitative estimate of drug-likeness (QED) is 0.579. The number of nitrogens with two attached hydrogens (primary N) is 1. The third kappa shape index (κ3) is 4.65. The van der Waals surface area contributed by atoms with Crippen LogP contribution in [-0.4, -0.2) is 6.29 Å². The fraction of sp³-hybridized carbons (Fsp3) is 0.417. The van der Waals surface area contributed by atoms with Gasteiger partial charge in [0.05, 0.1) is 0 Å². The van der Waals surface area contributed by atoms with E-state index in [1.165, 1.54) is 18.1 Å². The normalized spacial score (nSPS) is 8.79. The molecule has 2 heteroatoms. The first-order chi connectivity index (χ1) is 6.65. The van der Waals surface area contributed by atoms with Crippen molar-refractivity contribution in [2.45, 2.75) is 33.6 Å². The van der Waals surface area contributed by atoms with E-state index in [0.29, 0.717) is 0 Å². The molecular weight excluding hydrogens is 174 g/mol. The van der Waals surface area contributed by atoms with Crippen LogP contribution >= 0.6 is 0 Å². The average Bonchev–Trinajstić information content (AvgIpc) is 2.13. The first-order valence-corrected chi connectivity index (χ1v) is 4.90. The van der Waals surface area contributed by atoms with E-state index in [-0.39, 0.29) is 0 Å². The summed E-state index contributed by atoms with van der Waals surface area (Å²) >= 11 is 0. The summed E-state index contributed by atoms with van der Waals surface area (Å²) in [4.78, 5) is 8.81. The van der Waals surface area contributed by atoms with Gasteiger partial charge in [-0.05, 0) is 31.9 Å². The van der Waals surface area contributed by atoms with Gasteiger partial charge < -0.3 is 10.5 Å². The van der Waals surface area contributed by atoms with Gasteiger partial charge in [0.1, 0.15) is 6.29 Å². The van der Waals surface area contributed by atoms with Gasteiger partial charge in [0.25, 0.3) is 0 Å². The minimum atomic E-state index is 0.750. The Hall–Kier alpha value is -1.31. The van der Waals surface area contributed by atoms with Crippen LogP contribution in [0.4, 0.5) is 5.69 Å². The number of aryl methyl sites for hydroxylation is 2. The lowest BCUT2D eigenvalue weighted by molar-refractivity contribution is -0.106. The number of anilines is 1. The van der Waals surface area contributed by atoms with Crippen LogP contribution in [0.2, 0.25) is 0 Å². The van der Waals surface area contributed by atoms with Crippen molar-refractivity contribution in [2.24, 2.45) is 0 Å². The van der Waals surface area contributed by atoms with Crippen LogP contribution in [-0.2, 0) is 11.2 Å². The summed E-state index contributed by atoms with van der Waals surface area (Å²) in [5.74, 6) is 0. The molecule has 0 atom stereocenters. The average molecular weight is 193 g/mol. The predicted octanol–water partition coefficient (Wildman–Crippen LogP) is 2.73. The first-order valence-electron chi connectivity index (χ1n) is 4.90. The summed E-state index contributed by atoms with van der Waals surface area (Å²) in [5, 5.41) is 0. The molecule has 0 aliphatic rings. The monoisotopic (exact) mass is 193 g/mol. The Balaban J connectivity index is 0.000000500. The van der Waals surface area contributed by atoms with Crippen molar-refractivity contribution >= 4 is 12.0 Å². The Bertz CT molecular complexity index is 282. The number of aldehydes is 1. The van der Waals surface area contributed by atoms with Crippen molar-refractivity contribution in [1.82, 2.24) is 0 Å². The summed E-state index contributed by atoms with van der Waals surface area (Å²) < 4.78 is 0. The van der Waals surface area contributed by atoms with Crippen molar-refractivity contribution in [2.75, 3.05) is 5.73 Å². The molecule has 2 nitrogen and oxygen atoms in total. The summed E-state index contributed by atoms with van der Waals surface area (Å²) in [6, 6.07) is 6.20. The molecule has 0 amide bonds. The lowest BCUT2D eigenvalue weighted by atomic mass is 10.1. The Morgan fingerprint density at radius 2 is 2.00 bits per heavy atom. The van der Waals surface area contributed by atoms with Crippen LogP contribution in [0.5, 0.6) is 0 Å². The van der Waals surface area contributed by atoms with Gasteiger partial charge in [0, 0.05) is 5.69 Å². The topological polar surface area (TPSA) is 43.1 Å². The van der Waals surface area contributed by atoms with E-state index < -0.39 is 0 Å². The number of benzene rings is 1. The van der Waals surface area contributed by atoms with Crippen LogP contribution in [0.1, 0.15) is 31.4 Å². The molecule has 0 aliphatic heterocycles. The van der Waals surface area contributed by atoms with E-state index in [4.69, 9.17) is 10.5 Å². The molecule has 78 valence electrons. The second kappa shape index (κ2) is 7.13. The molecule has 0 unspecified atom stereocenters. The first kappa shape index (κ1) is 12.7. The Morgan fingerprint density at radius 3 is 2.50 bits per heavy atom. The van der Waals surface area contributed by atoms with E-state index in [9.17, 15) is 0 Å². The Kier molecular flexibility index (Phi) is 6.46. The summed E-state index contributed by atoms with van der Waals surface area (Å²) in [5.41, 5.74) is 9.28. The fourth-order valence-electron chi connectivity index (χ4n) is 1.22. The molecule has 1 aromatic carbocycles. The molecule has 0 spiro atoms. The van der Waals surface area contributed by atoms with Gasteiger partial charge >= 0.3 is 0 Å². The molecule has 0 saturated heterocycles. The zero-order valence-corrected chi connectivity index (χ0v) is 9.21. The van der Waals surface area contributed by atoms with Gasteiger partial charge in [-0.3, -0.25) is 0 Å². The zero-order chi connectivity index (χ0) is 11.0. The minimum absolute atomic E-state index is 0.750. The summed E-state index contributed by atoms with van der Waals surface area (Å²) in [6.45, 7) is 5.71. The number of hydrogen-bond acceptors (Lipinski definition) is 2. The molecule has 0 aliphatic carbocycles. The largest absolute Gasteiger partial charge is 0.399 e. The van der Waals surface area contributed by atoms with E-state index in [1.807, 2.05) is 6.07 Å². The number of carbonyl (C=O) groups is 1. The molecule has 0 radical (unpaired) electrons. The maximum absolute atomic E-state index is 8.81. The number of nitrogen functional groups attached to an aromatic ring is 1. The van der Waals surface area contributed by atoms with E-state index in [0.717, 1.165) is 24.8 Å². The molecule has 0 aromatic heterocycles. The molecule has 1 rings (SSSR count). The van der Waals surface area contributed by atoms with Crippen molar-refractivity contribution in [3.05, 3.63) is 29.3 Å². The number of carbonyl (C=O) groups excluding carboxylic acids is 1. The summed E-state index contributed by atoms with van der Waals surface area (Å²) in [7, 11) is 0. The van der Waals surface area contributed by atoms with Crippen LogP contribution < -0.4 is 5.73 Å². The molecular formula is C12H19NO. The zero-order valence-electron chi connectivity index (χ0n) is 9.21. The van der Waals surface area contributed by atoms with Crippen molar-refractivity contribution in [3.63, 3.8) is 0 Å².